The first-order valence-corrected chi connectivity index (χ1v) is 3.17. The molecule has 1 aliphatic rings. The summed E-state index contributed by atoms with van der Waals surface area (Å²) in [5.41, 5.74) is -0.775. The smallest absolute Gasteiger partial charge is 0.267 e. The quantitative estimate of drug-likeness (QED) is 0.395. The van der Waals surface area contributed by atoms with Crippen LogP contribution in [0.15, 0.2) is 0 Å². The van der Waals surface area contributed by atoms with Crippen LogP contribution in [0, 0.1) is 5.41 Å². The lowest BCUT2D eigenvalue weighted by Gasteiger charge is -1.99. The van der Waals surface area contributed by atoms with E-state index in [0.29, 0.717) is 0 Å². The molecule has 0 aliphatic carbocycles. The van der Waals surface area contributed by atoms with Crippen molar-refractivity contribution in [3.05, 3.63) is 0 Å². The topological polar surface area (TPSA) is 53.0 Å². The van der Waals surface area contributed by atoms with Crippen molar-refractivity contribution in [3.8, 4) is 0 Å². The summed E-state index contributed by atoms with van der Waals surface area (Å²) in [4.78, 5) is 10.5. The van der Waals surface area contributed by atoms with Crippen molar-refractivity contribution >= 4 is 34.8 Å². The summed E-state index contributed by atoms with van der Waals surface area (Å²) in [6.45, 7) is 0. The van der Waals surface area contributed by atoms with Gasteiger partial charge in [0.15, 0.2) is 0 Å². The van der Waals surface area contributed by atoms with Crippen LogP contribution in [0.1, 0.15) is 0 Å². The molecule has 3 nitrogen and oxygen atoms in total. The van der Waals surface area contributed by atoms with Crippen LogP contribution in [-0.2, 0) is 4.79 Å². The molecule has 0 radical (unpaired) electrons. The van der Waals surface area contributed by atoms with E-state index >= 15 is 0 Å². The van der Waals surface area contributed by atoms with Crippen LogP contribution < -0.4 is 5.32 Å². The predicted octanol–water partition coefficient (Wildman–Crippen LogP) is 0.308. The molecular formula is C4H4Cl2N2O. The number of hydrogen-bond donors (Lipinski definition) is 2. The number of carbonyl (C=O) groups is 1. The van der Waals surface area contributed by atoms with E-state index in [9.17, 15) is 4.79 Å². The lowest BCUT2D eigenvalue weighted by molar-refractivity contribution is -0.114. The second-order valence-electron chi connectivity index (χ2n) is 1.69. The van der Waals surface area contributed by atoms with Crippen LogP contribution in [0.2, 0.25) is 0 Å². The molecule has 1 amide bonds. The van der Waals surface area contributed by atoms with E-state index in [2.05, 4.69) is 5.32 Å². The van der Waals surface area contributed by atoms with Crippen molar-refractivity contribution in [2.45, 2.75) is 10.9 Å². The lowest BCUT2D eigenvalue weighted by Crippen LogP contribution is -2.22. The second-order valence-corrected chi connectivity index (χ2v) is 2.63. The number of amides is 1. The minimum absolute atomic E-state index is 0.156. The van der Waals surface area contributed by atoms with Crippen molar-refractivity contribution in [2.75, 3.05) is 0 Å². The monoisotopic (exact) mass is 166 g/mol. The van der Waals surface area contributed by atoms with Gasteiger partial charge in [0.2, 0.25) is 0 Å². The summed E-state index contributed by atoms with van der Waals surface area (Å²) >= 11 is 10.9. The molecule has 2 N–H and O–H groups in total. The first-order chi connectivity index (χ1) is 4.13. The average molecular weight is 167 g/mol. The highest BCUT2D eigenvalue weighted by atomic mass is 35.5. The number of carbonyl (C=O) groups excluding carboxylic acids is 1. The van der Waals surface area contributed by atoms with Gasteiger partial charge in [-0.05, 0) is 0 Å². The SMILES string of the molecule is N=C1C(=O)NC(Cl)C1Cl. The Balaban J connectivity index is 2.77. The van der Waals surface area contributed by atoms with E-state index in [1.165, 1.54) is 0 Å². The molecule has 9 heavy (non-hydrogen) atoms. The Hall–Kier alpha value is -0.280. The van der Waals surface area contributed by atoms with Gasteiger partial charge in [-0.25, -0.2) is 0 Å². The summed E-state index contributed by atoms with van der Waals surface area (Å²) in [5.74, 6) is -0.477. The lowest BCUT2D eigenvalue weighted by atomic mass is 10.3. The number of rotatable bonds is 0. The van der Waals surface area contributed by atoms with E-state index < -0.39 is 16.8 Å². The predicted molar refractivity (Wildman–Crippen MR) is 35.2 cm³/mol. The van der Waals surface area contributed by atoms with Crippen LogP contribution in [0.4, 0.5) is 0 Å². The fourth-order valence-electron chi connectivity index (χ4n) is 0.548. The van der Waals surface area contributed by atoms with Crippen LogP contribution in [-0.4, -0.2) is 22.5 Å². The molecule has 0 spiro atoms. The summed E-state index contributed by atoms with van der Waals surface area (Å²) in [7, 11) is 0. The maximum Gasteiger partial charge on any atom is 0.267 e. The zero-order chi connectivity index (χ0) is 7.02. The van der Waals surface area contributed by atoms with Crippen LogP contribution >= 0.6 is 23.2 Å². The van der Waals surface area contributed by atoms with Gasteiger partial charge in [0.1, 0.15) is 16.6 Å². The van der Waals surface area contributed by atoms with Gasteiger partial charge in [-0.3, -0.25) is 10.2 Å². The normalized spacial score (nSPS) is 34.9. The van der Waals surface area contributed by atoms with Gasteiger partial charge in [-0.15, -0.1) is 11.6 Å². The first kappa shape index (κ1) is 6.83. The summed E-state index contributed by atoms with van der Waals surface area (Å²) in [5, 5.41) is 8.57. The standard InChI is InChI=1S/C4H4Cl2N2O/c5-1-2(7)4(9)8-3(1)6/h1,3,7H,(H,8,9). The zero-order valence-corrected chi connectivity index (χ0v) is 5.83. The summed E-state index contributed by atoms with van der Waals surface area (Å²) in [6, 6.07) is 0. The van der Waals surface area contributed by atoms with Crippen LogP contribution in [0.25, 0.3) is 0 Å². The molecule has 1 aliphatic heterocycles. The molecule has 0 aromatic carbocycles. The third-order valence-electron chi connectivity index (χ3n) is 1.05. The van der Waals surface area contributed by atoms with E-state index in [-0.39, 0.29) is 5.71 Å². The van der Waals surface area contributed by atoms with E-state index in [1.54, 1.807) is 0 Å². The van der Waals surface area contributed by atoms with Crippen LogP contribution in [0.3, 0.4) is 0 Å². The third-order valence-corrected chi connectivity index (χ3v) is 2.01. The van der Waals surface area contributed by atoms with Gasteiger partial charge in [0, 0.05) is 0 Å². The number of halogens is 2. The maximum absolute atomic E-state index is 10.5. The van der Waals surface area contributed by atoms with E-state index in [4.69, 9.17) is 28.6 Å². The molecule has 0 bridgehead atoms. The second kappa shape index (κ2) is 2.15. The Morgan fingerprint density at radius 2 is 2.11 bits per heavy atom. The fraction of sp³-hybridized carbons (Fsp3) is 0.500. The maximum atomic E-state index is 10.5. The number of nitrogens with one attached hydrogen (secondary N) is 2. The Morgan fingerprint density at radius 1 is 1.56 bits per heavy atom. The molecule has 2 unspecified atom stereocenters. The molecule has 1 heterocycles. The van der Waals surface area contributed by atoms with Gasteiger partial charge < -0.3 is 5.32 Å². The minimum atomic E-state index is -0.681. The van der Waals surface area contributed by atoms with Crippen molar-refractivity contribution < 1.29 is 4.79 Å². The van der Waals surface area contributed by atoms with Crippen LogP contribution in [0.5, 0.6) is 0 Å². The minimum Gasteiger partial charge on any atom is -0.333 e. The van der Waals surface area contributed by atoms with Crippen molar-refractivity contribution in [1.29, 1.82) is 5.41 Å². The summed E-state index contributed by atoms with van der Waals surface area (Å²) in [6.07, 6.45) is 0. The third kappa shape index (κ3) is 1.02. The Kier molecular flexibility index (Phi) is 1.64. The summed E-state index contributed by atoms with van der Waals surface area (Å²) < 4.78 is 0. The molecule has 0 aromatic rings. The molecule has 1 fully saturated rings. The molecule has 0 aromatic heterocycles. The average Bonchev–Trinajstić information content (AvgIpc) is 1.98. The molecule has 1 saturated heterocycles. The number of alkyl halides is 2. The largest absolute Gasteiger partial charge is 0.333 e. The van der Waals surface area contributed by atoms with E-state index in [0.717, 1.165) is 0 Å². The molecule has 2 atom stereocenters. The van der Waals surface area contributed by atoms with Crippen molar-refractivity contribution in [1.82, 2.24) is 5.32 Å². The van der Waals surface area contributed by atoms with Gasteiger partial charge in [-0.2, -0.15) is 0 Å². The highest BCUT2D eigenvalue weighted by molar-refractivity contribution is 6.56. The Bertz CT molecular complexity index is 170. The molecular weight excluding hydrogens is 163 g/mol. The van der Waals surface area contributed by atoms with Gasteiger partial charge in [0.25, 0.3) is 5.91 Å². The Morgan fingerprint density at radius 3 is 2.22 bits per heavy atom. The number of hydrogen-bond acceptors (Lipinski definition) is 2. The van der Waals surface area contributed by atoms with Crippen molar-refractivity contribution in [3.63, 3.8) is 0 Å². The molecule has 0 saturated carbocycles. The highest BCUT2D eigenvalue weighted by Gasteiger charge is 2.34. The zero-order valence-electron chi connectivity index (χ0n) is 4.32. The molecule has 1 rings (SSSR count). The first-order valence-electron chi connectivity index (χ1n) is 2.30. The molecule has 50 valence electrons. The van der Waals surface area contributed by atoms with Crippen molar-refractivity contribution in [2.24, 2.45) is 0 Å². The molecule has 5 heteroatoms. The fourth-order valence-corrected chi connectivity index (χ4v) is 0.935. The van der Waals surface area contributed by atoms with E-state index in [1.807, 2.05) is 0 Å². The van der Waals surface area contributed by atoms with Gasteiger partial charge >= 0.3 is 0 Å². The Labute approximate surface area is 61.8 Å². The van der Waals surface area contributed by atoms with Gasteiger partial charge in [0.05, 0.1) is 0 Å². The van der Waals surface area contributed by atoms with Gasteiger partial charge in [-0.1, -0.05) is 11.6 Å². The highest BCUT2D eigenvalue weighted by Crippen LogP contribution is 2.14.